The molecule has 1 unspecified atom stereocenters. The second kappa shape index (κ2) is 5.93. The van der Waals surface area contributed by atoms with Gasteiger partial charge in [-0.25, -0.2) is 14.4 Å². The smallest absolute Gasteiger partial charge is 0.224 e. The van der Waals surface area contributed by atoms with Crippen LogP contribution >= 0.6 is 0 Å². The molecule has 1 aliphatic heterocycles. The summed E-state index contributed by atoms with van der Waals surface area (Å²) in [5.74, 6) is 0.278. The van der Waals surface area contributed by atoms with Crippen molar-refractivity contribution in [1.29, 1.82) is 0 Å². The van der Waals surface area contributed by atoms with E-state index in [9.17, 15) is 4.39 Å². The predicted octanol–water partition coefficient (Wildman–Crippen LogP) is 3.21. The van der Waals surface area contributed by atoms with Gasteiger partial charge in [0, 0.05) is 23.5 Å². The van der Waals surface area contributed by atoms with Gasteiger partial charge < -0.3 is 10.6 Å². The number of nitrogens with one attached hydrogen (secondary N) is 2. The zero-order valence-electron chi connectivity index (χ0n) is 12.6. The van der Waals surface area contributed by atoms with Crippen LogP contribution < -0.4 is 10.6 Å². The van der Waals surface area contributed by atoms with Gasteiger partial charge in [0.25, 0.3) is 0 Å². The molecular weight excluding hydrogens is 291 g/mol. The number of hydrogen-bond donors (Lipinski definition) is 2. The molecule has 2 heterocycles. The van der Waals surface area contributed by atoms with E-state index in [-0.39, 0.29) is 5.82 Å². The largest absolute Gasteiger partial charge is 0.350 e. The fraction of sp³-hybridized carbons (Fsp3) is 0.222. The monoisotopic (exact) mass is 308 g/mol. The summed E-state index contributed by atoms with van der Waals surface area (Å²) in [4.78, 5) is 9.19. The van der Waals surface area contributed by atoms with Crippen LogP contribution in [0.3, 0.4) is 0 Å². The molecule has 0 saturated carbocycles. The number of nitrogens with zero attached hydrogens (tertiary/aromatic N) is 2. The Kier molecular flexibility index (Phi) is 3.63. The maximum absolute atomic E-state index is 14.2. The molecule has 5 heteroatoms. The first-order valence-corrected chi connectivity index (χ1v) is 7.80. The molecule has 1 aliphatic rings. The first kappa shape index (κ1) is 14.1. The third kappa shape index (κ3) is 2.75. The molecule has 4 rings (SSSR count). The molecule has 2 N–H and O–H groups in total. The summed E-state index contributed by atoms with van der Waals surface area (Å²) in [5.41, 5.74) is 1.94. The lowest BCUT2D eigenvalue weighted by molar-refractivity contribution is 0.631. The van der Waals surface area contributed by atoms with Crippen LogP contribution in [-0.4, -0.2) is 29.1 Å². The Morgan fingerprint density at radius 1 is 1.04 bits per heavy atom. The van der Waals surface area contributed by atoms with Crippen LogP contribution in [0, 0.1) is 5.82 Å². The van der Waals surface area contributed by atoms with Crippen LogP contribution in [0.25, 0.3) is 22.2 Å². The summed E-state index contributed by atoms with van der Waals surface area (Å²) in [6, 6.07) is 14.7. The minimum Gasteiger partial charge on any atom is -0.350 e. The molecule has 3 aromatic rings. The van der Waals surface area contributed by atoms with Crippen molar-refractivity contribution in [1.82, 2.24) is 15.3 Å². The van der Waals surface area contributed by atoms with Crippen LogP contribution in [0.5, 0.6) is 0 Å². The van der Waals surface area contributed by atoms with Crippen molar-refractivity contribution in [2.75, 3.05) is 18.4 Å². The van der Waals surface area contributed by atoms with Gasteiger partial charge in [0.15, 0.2) is 0 Å². The predicted molar refractivity (Wildman–Crippen MR) is 89.8 cm³/mol. The second-order valence-electron chi connectivity index (χ2n) is 5.73. The van der Waals surface area contributed by atoms with E-state index in [0.717, 1.165) is 30.4 Å². The van der Waals surface area contributed by atoms with E-state index in [4.69, 9.17) is 0 Å². The summed E-state index contributed by atoms with van der Waals surface area (Å²) in [6.07, 6.45) is 1.03. The van der Waals surface area contributed by atoms with Crippen LogP contribution in [0.1, 0.15) is 6.42 Å². The van der Waals surface area contributed by atoms with E-state index >= 15 is 0 Å². The topological polar surface area (TPSA) is 49.8 Å². The molecule has 0 aliphatic carbocycles. The summed E-state index contributed by atoms with van der Waals surface area (Å²) in [7, 11) is 0. The van der Waals surface area contributed by atoms with Crippen LogP contribution in [0.2, 0.25) is 0 Å². The molecule has 0 amide bonds. The Balaban J connectivity index is 1.85. The Morgan fingerprint density at radius 3 is 2.70 bits per heavy atom. The zero-order chi connectivity index (χ0) is 15.6. The van der Waals surface area contributed by atoms with Gasteiger partial charge in [-0.05, 0) is 31.2 Å². The van der Waals surface area contributed by atoms with Crippen LogP contribution in [-0.2, 0) is 0 Å². The van der Waals surface area contributed by atoms with E-state index in [2.05, 4.69) is 20.6 Å². The van der Waals surface area contributed by atoms with Crippen molar-refractivity contribution in [3.05, 3.63) is 54.3 Å². The highest BCUT2D eigenvalue weighted by Gasteiger charge is 2.17. The molecule has 4 nitrogen and oxygen atoms in total. The van der Waals surface area contributed by atoms with E-state index in [1.54, 1.807) is 12.1 Å². The molecule has 0 spiro atoms. The third-order valence-electron chi connectivity index (χ3n) is 4.13. The minimum atomic E-state index is -0.273. The number of rotatable bonds is 3. The average Bonchev–Trinajstić information content (AvgIpc) is 3.08. The highest BCUT2D eigenvalue weighted by molar-refractivity contribution is 5.93. The Hall–Kier alpha value is -2.53. The number of anilines is 1. The van der Waals surface area contributed by atoms with Crippen molar-refractivity contribution in [2.45, 2.75) is 12.5 Å². The van der Waals surface area contributed by atoms with Crippen molar-refractivity contribution in [3.63, 3.8) is 0 Å². The average molecular weight is 308 g/mol. The lowest BCUT2D eigenvalue weighted by Gasteiger charge is -2.14. The van der Waals surface area contributed by atoms with Gasteiger partial charge in [-0.15, -0.1) is 0 Å². The van der Waals surface area contributed by atoms with Gasteiger partial charge in [-0.2, -0.15) is 0 Å². The molecule has 1 saturated heterocycles. The number of fused-ring (bicyclic) bond motifs is 1. The lowest BCUT2D eigenvalue weighted by Crippen LogP contribution is -2.23. The minimum absolute atomic E-state index is 0.273. The van der Waals surface area contributed by atoms with Crippen LogP contribution in [0.15, 0.2) is 48.5 Å². The van der Waals surface area contributed by atoms with Crippen LogP contribution in [0.4, 0.5) is 10.3 Å². The zero-order valence-corrected chi connectivity index (χ0v) is 12.6. The molecule has 0 bridgehead atoms. The lowest BCUT2D eigenvalue weighted by atomic mass is 10.1. The molecule has 0 radical (unpaired) electrons. The maximum Gasteiger partial charge on any atom is 0.224 e. The maximum atomic E-state index is 14.2. The SMILES string of the molecule is Fc1ccccc1-c1nc(NC2CCNC2)nc2ccccc12. The van der Waals surface area contributed by atoms with E-state index in [1.807, 2.05) is 30.3 Å². The van der Waals surface area contributed by atoms with Crippen molar-refractivity contribution >= 4 is 16.9 Å². The number of aromatic nitrogens is 2. The molecule has 1 fully saturated rings. The standard InChI is InChI=1S/C18H17FN4/c19-15-7-3-1-5-13(15)17-14-6-2-4-8-16(14)22-18(23-17)21-12-9-10-20-11-12/h1-8,12,20H,9-11H2,(H,21,22,23). The van der Waals surface area contributed by atoms with Gasteiger partial charge in [0.05, 0.1) is 11.2 Å². The molecule has 1 atom stereocenters. The van der Waals surface area contributed by atoms with Crippen molar-refractivity contribution < 1.29 is 4.39 Å². The van der Waals surface area contributed by atoms with Gasteiger partial charge in [-0.1, -0.05) is 30.3 Å². The van der Waals surface area contributed by atoms with Crippen molar-refractivity contribution in [3.8, 4) is 11.3 Å². The molecule has 23 heavy (non-hydrogen) atoms. The van der Waals surface area contributed by atoms with Gasteiger partial charge in [-0.3, -0.25) is 0 Å². The number of benzene rings is 2. The fourth-order valence-electron chi connectivity index (χ4n) is 2.96. The Labute approximate surface area is 133 Å². The summed E-state index contributed by atoms with van der Waals surface area (Å²) < 4.78 is 14.2. The normalized spacial score (nSPS) is 17.5. The van der Waals surface area contributed by atoms with E-state index in [1.165, 1.54) is 6.07 Å². The Morgan fingerprint density at radius 2 is 1.87 bits per heavy atom. The summed E-state index contributed by atoms with van der Waals surface area (Å²) in [5, 5.41) is 7.52. The highest BCUT2D eigenvalue weighted by Crippen LogP contribution is 2.29. The summed E-state index contributed by atoms with van der Waals surface area (Å²) >= 11 is 0. The first-order chi connectivity index (χ1) is 11.3. The number of hydrogen-bond acceptors (Lipinski definition) is 4. The highest BCUT2D eigenvalue weighted by atomic mass is 19.1. The number of halogens is 1. The van der Waals surface area contributed by atoms with Gasteiger partial charge >= 0.3 is 0 Å². The van der Waals surface area contributed by atoms with E-state index in [0.29, 0.717) is 23.2 Å². The van der Waals surface area contributed by atoms with Gasteiger partial charge in [0.1, 0.15) is 5.82 Å². The number of para-hydroxylation sites is 1. The molecule has 2 aromatic carbocycles. The fourth-order valence-corrected chi connectivity index (χ4v) is 2.96. The molecular formula is C18H17FN4. The molecule has 116 valence electrons. The van der Waals surface area contributed by atoms with E-state index < -0.39 is 0 Å². The first-order valence-electron chi connectivity index (χ1n) is 7.80. The molecule has 1 aromatic heterocycles. The van der Waals surface area contributed by atoms with Gasteiger partial charge in [0.2, 0.25) is 5.95 Å². The second-order valence-corrected chi connectivity index (χ2v) is 5.73. The third-order valence-corrected chi connectivity index (χ3v) is 4.13. The quantitative estimate of drug-likeness (QED) is 0.780. The Bertz CT molecular complexity index is 843. The van der Waals surface area contributed by atoms with Crippen molar-refractivity contribution in [2.24, 2.45) is 0 Å². The summed E-state index contributed by atoms with van der Waals surface area (Å²) in [6.45, 7) is 1.89.